The molecule has 4 rings (SSSR count). The van der Waals surface area contributed by atoms with Gasteiger partial charge in [-0.15, -0.1) is 0 Å². The summed E-state index contributed by atoms with van der Waals surface area (Å²) >= 11 is 5.84. The highest BCUT2D eigenvalue weighted by Gasteiger charge is 2.39. The van der Waals surface area contributed by atoms with E-state index < -0.39 is 11.9 Å². The molecule has 1 fully saturated rings. The molecule has 150 valence electrons. The predicted molar refractivity (Wildman–Crippen MR) is 107 cm³/mol. The molecule has 1 aromatic carbocycles. The van der Waals surface area contributed by atoms with Crippen LogP contribution in [-0.2, 0) is 16.1 Å². The van der Waals surface area contributed by atoms with Crippen LogP contribution in [0, 0.1) is 0 Å². The number of benzene rings is 1. The van der Waals surface area contributed by atoms with Crippen LogP contribution in [0.1, 0.15) is 28.8 Å². The van der Waals surface area contributed by atoms with Gasteiger partial charge in [0.15, 0.2) is 0 Å². The van der Waals surface area contributed by atoms with E-state index in [0.717, 1.165) is 11.3 Å². The smallest absolute Gasteiger partial charge is 0.255 e. The van der Waals surface area contributed by atoms with Crippen LogP contribution >= 0.6 is 11.6 Å². The van der Waals surface area contributed by atoms with Gasteiger partial charge in [-0.3, -0.25) is 19.7 Å². The number of halogens is 1. The summed E-state index contributed by atoms with van der Waals surface area (Å²) in [7, 11) is 0. The fourth-order valence-electron chi connectivity index (χ4n) is 3.54. The fourth-order valence-corrected chi connectivity index (χ4v) is 3.68. The summed E-state index contributed by atoms with van der Waals surface area (Å²) in [4.78, 5) is 46.1. The SMILES string of the molecule is O=C1CCC(N2Cc3c(NCCNc4nccc(Cl)n4)cccc3C2=O)C(=O)N1. The first-order chi connectivity index (χ1) is 14.0. The Morgan fingerprint density at radius 2 is 2.00 bits per heavy atom. The lowest BCUT2D eigenvalue weighted by molar-refractivity contribution is -0.136. The molecule has 3 heterocycles. The van der Waals surface area contributed by atoms with E-state index >= 15 is 0 Å². The Labute approximate surface area is 171 Å². The average molecular weight is 415 g/mol. The minimum Gasteiger partial charge on any atom is -0.383 e. The number of nitrogens with zero attached hydrogens (tertiary/aromatic N) is 3. The van der Waals surface area contributed by atoms with Crippen LogP contribution in [0.15, 0.2) is 30.5 Å². The maximum absolute atomic E-state index is 12.8. The van der Waals surface area contributed by atoms with Crippen molar-refractivity contribution in [3.63, 3.8) is 0 Å². The van der Waals surface area contributed by atoms with Crippen LogP contribution in [0.5, 0.6) is 0 Å². The van der Waals surface area contributed by atoms with Gasteiger partial charge in [0.1, 0.15) is 11.2 Å². The third kappa shape index (κ3) is 4.00. The quantitative estimate of drug-likeness (QED) is 0.372. The van der Waals surface area contributed by atoms with Crippen molar-refractivity contribution in [2.24, 2.45) is 0 Å². The third-order valence-corrected chi connectivity index (χ3v) is 5.14. The predicted octanol–water partition coefficient (Wildman–Crippen LogP) is 1.41. The Morgan fingerprint density at radius 3 is 2.79 bits per heavy atom. The van der Waals surface area contributed by atoms with Gasteiger partial charge in [-0.1, -0.05) is 17.7 Å². The normalized spacial score (nSPS) is 18.4. The number of hydrogen-bond acceptors (Lipinski definition) is 7. The van der Waals surface area contributed by atoms with Crippen molar-refractivity contribution in [3.05, 3.63) is 46.7 Å². The summed E-state index contributed by atoms with van der Waals surface area (Å²) in [6.45, 7) is 1.45. The number of carbonyl (C=O) groups is 3. The molecular weight excluding hydrogens is 396 g/mol. The first kappa shape index (κ1) is 19.1. The number of hydrogen-bond donors (Lipinski definition) is 3. The lowest BCUT2D eigenvalue weighted by Gasteiger charge is -2.29. The molecule has 2 aliphatic heterocycles. The number of amides is 3. The van der Waals surface area contributed by atoms with Crippen LogP contribution in [0.25, 0.3) is 0 Å². The highest BCUT2D eigenvalue weighted by molar-refractivity contribution is 6.29. The monoisotopic (exact) mass is 414 g/mol. The van der Waals surface area contributed by atoms with Crippen LogP contribution in [0.4, 0.5) is 11.6 Å². The van der Waals surface area contributed by atoms with Crippen molar-refractivity contribution < 1.29 is 14.4 Å². The number of rotatable bonds is 6. The largest absolute Gasteiger partial charge is 0.383 e. The maximum atomic E-state index is 12.8. The Kier molecular flexibility index (Phi) is 5.30. The second-order valence-corrected chi connectivity index (χ2v) is 7.18. The van der Waals surface area contributed by atoms with Crippen molar-refractivity contribution in [2.45, 2.75) is 25.4 Å². The van der Waals surface area contributed by atoms with Crippen LogP contribution in [0.3, 0.4) is 0 Å². The highest BCUT2D eigenvalue weighted by Crippen LogP contribution is 2.32. The molecule has 3 amide bonds. The molecule has 1 saturated heterocycles. The summed E-state index contributed by atoms with van der Waals surface area (Å²) in [6, 6.07) is 6.44. The Balaban J connectivity index is 1.40. The van der Waals surface area contributed by atoms with E-state index in [1.54, 1.807) is 24.4 Å². The van der Waals surface area contributed by atoms with Gasteiger partial charge in [-0.25, -0.2) is 9.97 Å². The first-order valence-electron chi connectivity index (χ1n) is 9.26. The van der Waals surface area contributed by atoms with Gasteiger partial charge in [0, 0.05) is 49.1 Å². The van der Waals surface area contributed by atoms with Crippen LogP contribution < -0.4 is 16.0 Å². The van der Waals surface area contributed by atoms with Gasteiger partial charge >= 0.3 is 0 Å². The fraction of sp³-hybridized carbons (Fsp3) is 0.316. The molecule has 0 saturated carbocycles. The third-order valence-electron chi connectivity index (χ3n) is 4.93. The zero-order chi connectivity index (χ0) is 20.4. The summed E-state index contributed by atoms with van der Waals surface area (Å²) in [5.41, 5.74) is 2.26. The highest BCUT2D eigenvalue weighted by atomic mass is 35.5. The number of aromatic nitrogens is 2. The molecule has 1 unspecified atom stereocenters. The van der Waals surface area contributed by atoms with Crippen LogP contribution in [-0.4, -0.2) is 51.7 Å². The average Bonchev–Trinajstić information content (AvgIpc) is 3.03. The zero-order valence-electron chi connectivity index (χ0n) is 15.4. The minimum absolute atomic E-state index is 0.191. The van der Waals surface area contributed by atoms with Gasteiger partial charge < -0.3 is 15.5 Å². The summed E-state index contributed by atoms with van der Waals surface area (Å²) in [6.07, 6.45) is 2.15. The molecule has 9 nitrogen and oxygen atoms in total. The Morgan fingerprint density at radius 1 is 1.17 bits per heavy atom. The minimum atomic E-state index is -0.623. The van der Waals surface area contributed by atoms with E-state index in [4.69, 9.17) is 11.6 Å². The van der Waals surface area contributed by atoms with E-state index in [0.29, 0.717) is 42.7 Å². The standard InChI is InChI=1S/C19H19ClN6O3/c20-15-6-7-22-19(24-15)23-9-8-21-13-3-1-2-11-12(13)10-26(18(11)29)14-4-5-16(27)25-17(14)28/h1-3,6-7,14,21H,4-5,8-10H2,(H,22,23,24)(H,25,27,28). The van der Waals surface area contributed by atoms with Gasteiger partial charge in [-0.2, -0.15) is 0 Å². The van der Waals surface area contributed by atoms with Crippen molar-refractivity contribution in [1.29, 1.82) is 0 Å². The number of nitrogens with one attached hydrogen (secondary N) is 3. The molecule has 0 spiro atoms. The number of carbonyl (C=O) groups excluding carboxylic acids is 3. The molecule has 2 aromatic rings. The first-order valence-corrected chi connectivity index (χ1v) is 9.63. The Hall–Kier alpha value is -3.20. The van der Waals surface area contributed by atoms with Crippen molar-refractivity contribution >= 4 is 41.0 Å². The molecule has 0 bridgehead atoms. The van der Waals surface area contributed by atoms with E-state index in [2.05, 4.69) is 25.9 Å². The number of anilines is 2. The second-order valence-electron chi connectivity index (χ2n) is 6.79. The van der Waals surface area contributed by atoms with E-state index in [9.17, 15) is 14.4 Å². The molecular formula is C19H19ClN6O3. The summed E-state index contributed by atoms with van der Waals surface area (Å²) in [5.74, 6) is -0.461. The van der Waals surface area contributed by atoms with Gasteiger partial charge in [0.2, 0.25) is 17.8 Å². The molecule has 10 heteroatoms. The van der Waals surface area contributed by atoms with Crippen LogP contribution in [0.2, 0.25) is 5.15 Å². The second kappa shape index (κ2) is 8.04. The lowest BCUT2D eigenvalue weighted by atomic mass is 10.0. The molecule has 0 radical (unpaired) electrons. The van der Waals surface area contributed by atoms with E-state index in [1.165, 1.54) is 4.90 Å². The summed E-state index contributed by atoms with van der Waals surface area (Å²) < 4.78 is 0. The lowest BCUT2D eigenvalue weighted by Crippen LogP contribution is -2.52. The molecule has 29 heavy (non-hydrogen) atoms. The Bertz CT molecular complexity index is 982. The topological polar surface area (TPSA) is 116 Å². The zero-order valence-corrected chi connectivity index (χ0v) is 16.2. The van der Waals surface area contributed by atoms with Gasteiger partial charge in [-0.05, 0) is 24.6 Å². The van der Waals surface area contributed by atoms with Crippen molar-refractivity contribution in [1.82, 2.24) is 20.2 Å². The number of imide groups is 1. The summed E-state index contributed by atoms with van der Waals surface area (Å²) in [5, 5.41) is 9.06. The molecule has 1 atom stereocenters. The van der Waals surface area contributed by atoms with Crippen molar-refractivity contribution in [3.8, 4) is 0 Å². The van der Waals surface area contributed by atoms with Gasteiger partial charge in [0.25, 0.3) is 5.91 Å². The maximum Gasteiger partial charge on any atom is 0.255 e. The molecule has 1 aromatic heterocycles. The molecule has 2 aliphatic rings. The van der Waals surface area contributed by atoms with Crippen molar-refractivity contribution in [2.75, 3.05) is 23.7 Å². The van der Waals surface area contributed by atoms with E-state index in [1.807, 2.05) is 6.07 Å². The molecule has 0 aliphatic carbocycles. The number of fused-ring (bicyclic) bond motifs is 1. The van der Waals surface area contributed by atoms with Gasteiger partial charge in [0.05, 0.1) is 0 Å². The van der Waals surface area contributed by atoms with E-state index in [-0.39, 0.29) is 18.2 Å². The molecule has 3 N–H and O–H groups in total. The number of piperidine rings is 1.